The van der Waals surface area contributed by atoms with E-state index in [4.69, 9.17) is 0 Å². The Bertz CT molecular complexity index is 356. The van der Waals surface area contributed by atoms with Crippen LogP contribution in [-0.2, 0) is 9.84 Å². The van der Waals surface area contributed by atoms with Gasteiger partial charge in [-0.25, -0.2) is 8.42 Å². The standard InChI is InChI=1S/C13H26N2O2S/c1-18(16,17)11-8-14-7-10-15-9-3-5-12-4-2-6-13(12)15/h12-14H,2-11H2,1H3. The number of nitrogens with zero attached hydrogens (tertiary/aromatic N) is 1. The molecule has 0 spiro atoms. The molecule has 0 radical (unpaired) electrons. The lowest BCUT2D eigenvalue weighted by Gasteiger charge is -2.37. The van der Waals surface area contributed by atoms with Crippen molar-refractivity contribution in [3.05, 3.63) is 0 Å². The lowest BCUT2D eigenvalue weighted by atomic mass is 9.92. The van der Waals surface area contributed by atoms with Crippen molar-refractivity contribution in [3.8, 4) is 0 Å². The molecule has 2 aliphatic rings. The molecular formula is C13H26N2O2S. The number of likely N-dealkylation sites (tertiary alicyclic amines) is 1. The molecule has 0 amide bonds. The van der Waals surface area contributed by atoms with Gasteiger partial charge >= 0.3 is 0 Å². The summed E-state index contributed by atoms with van der Waals surface area (Å²) in [6, 6.07) is 0.815. The average Bonchev–Trinajstić information content (AvgIpc) is 2.75. The number of piperidine rings is 1. The SMILES string of the molecule is CS(=O)(=O)CCNCCN1CCCC2CCCC21. The Labute approximate surface area is 111 Å². The second kappa shape index (κ2) is 6.35. The normalized spacial score (nSPS) is 29.4. The molecule has 5 heteroatoms. The lowest BCUT2D eigenvalue weighted by molar-refractivity contribution is 0.114. The highest BCUT2D eigenvalue weighted by Crippen LogP contribution is 2.36. The number of nitrogens with one attached hydrogen (secondary N) is 1. The third-order valence-corrected chi connectivity index (χ3v) is 5.28. The van der Waals surface area contributed by atoms with Gasteiger partial charge in [-0.15, -0.1) is 0 Å². The summed E-state index contributed by atoms with van der Waals surface area (Å²) in [4.78, 5) is 2.62. The molecule has 1 saturated heterocycles. The van der Waals surface area contributed by atoms with Gasteiger partial charge in [0.2, 0.25) is 0 Å². The summed E-state index contributed by atoms with van der Waals surface area (Å²) in [5.74, 6) is 1.19. The quantitative estimate of drug-likeness (QED) is 0.731. The topological polar surface area (TPSA) is 49.4 Å². The molecule has 4 nitrogen and oxygen atoms in total. The van der Waals surface area contributed by atoms with Crippen LogP contribution in [0.25, 0.3) is 0 Å². The van der Waals surface area contributed by atoms with Crippen molar-refractivity contribution in [2.24, 2.45) is 5.92 Å². The second-order valence-electron chi connectivity index (χ2n) is 5.82. The first-order valence-corrected chi connectivity index (χ1v) is 9.25. The highest BCUT2D eigenvalue weighted by atomic mass is 32.2. The number of hydrogen-bond donors (Lipinski definition) is 1. The fourth-order valence-electron chi connectivity index (χ4n) is 3.44. The van der Waals surface area contributed by atoms with Crippen molar-refractivity contribution >= 4 is 9.84 Å². The Kier molecular flexibility index (Phi) is 5.04. The highest BCUT2D eigenvalue weighted by Gasteiger charge is 2.34. The summed E-state index contributed by atoms with van der Waals surface area (Å²) >= 11 is 0. The van der Waals surface area contributed by atoms with Crippen molar-refractivity contribution in [2.75, 3.05) is 38.2 Å². The maximum atomic E-state index is 11.0. The largest absolute Gasteiger partial charge is 0.314 e. The Morgan fingerprint density at radius 1 is 1.17 bits per heavy atom. The van der Waals surface area contributed by atoms with E-state index in [1.807, 2.05) is 0 Å². The minimum absolute atomic E-state index is 0.249. The van der Waals surface area contributed by atoms with Crippen molar-refractivity contribution in [2.45, 2.75) is 38.1 Å². The first-order chi connectivity index (χ1) is 8.56. The third kappa shape index (κ3) is 4.21. The molecule has 1 heterocycles. The van der Waals surface area contributed by atoms with Crippen molar-refractivity contribution in [1.82, 2.24) is 10.2 Å². The van der Waals surface area contributed by atoms with Gasteiger partial charge in [0.15, 0.2) is 0 Å². The monoisotopic (exact) mass is 274 g/mol. The van der Waals surface area contributed by atoms with Crippen LogP contribution in [0.15, 0.2) is 0 Å². The number of fused-ring (bicyclic) bond motifs is 1. The van der Waals surface area contributed by atoms with E-state index in [1.165, 1.54) is 44.9 Å². The minimum Gasteiger partial charge on any atom is -0.314 e. The van der Waals surface area contributed by atoms with Crippen LogP contribution in [0.1, 0.15) is 32.1 Å². The van der Waals surface area contributed by atoms with Gasteiger partial charge in [0.1, 0.15) is 9.84 Å². The Morgan fingerprint density at radius 2 is 1.94 bits per heavy atom. The summed E-state index contributed by atoms with van der Waals surface area (Å²) < 4.78 is 22.0. The van der Waals surface area contributed by atoms with Gasteiger partial charge in [-0.3, -0.25) is 4.90 Å². The smallest absolute Gasteiger partial charge is 0.148 e. The molecule has 1 aliphatic carbocycles. The first-order valence-electron chi connectivity index (χ1n) is 7.19. The van der Waals surface area contributed by atoms with Gasteiger partial charge in [-0.2, -0.15) is 0 Å². The van der Waals surface area contributed by atoms with Crippen LogP contribution in [0.5, 0.6) is 0 Å². The van der Waals surface area contributed by atoms with E-state index in [9.17, 15) is 8.42 Å². The van der Waals surface area contributed by atoms with E-state index < -0.39 is 9.84 Å². The highest BCUT2D eigenvalue weighted by molar-refractivity contribution is 7.90. The van der Waals surface area contributed by atoms with Gasteiger partial charge in [-0.1, -0.05) is 6.42 Å². The van der Waals surface area contributed by atoms with Gasteiger partial charge < -0.3 is 5.32 Å². The zero-order valence-electron chi connectivity index (χ0n) is 11.4. The van der Waals surface area contributed by atoms with Crippen LogP contribution in [0.3, 0.4) is 0 Å². The van der Waals surface area contributed by atoms with Gasteiger partial charge in [0.25, 0.3) is 0 Å². The Hall–Kier alpha value is -0.130. The molecule has 1 saturated carbocycles. The van der Waals surface area contributed by atoms with Crippen LogP contribution in [0.4, 0.5) is 0 Å². The Morgan fingerprint density at radius 3 is 2.72 bits per heavy atom. The van der Waals surface area contributed by atoms with Crippen LogP contribution < -0.4 is 5.32 Å². The molecule has 0 aromatic heterocycles. The lowest BCUT2D eigenvalue weighted by Crippen LogP contribution is -2.45. The van der Waals surface area contributed by atoms with Crippen molar-refractivity contribution in [1.29, 1.82) is 0 Å². The summed E-state index contributed by atoms with van der Waals surface area (Å²) in [7, 11) is -2.82. The average molecular weight is 274 g/mol. The molecule has 2 fully saturated rings. The van der Waals surface area contributed by atoms with Crippen LogP contribution in [0, 0.1) is 5.92 Å². The first kappa shape index (κ1) is 14.3. The molecule has 2 atom stereocenters. The molecule has 0 bridgehead atoms. The van der Waals surface area contributed by atoms with Crippen LogP contribution in [0.2, 0.25) is 0 Å². The van der Waals surface area contributed by atoms with Crippen molar-refractivity contribution < 1.29 is 8.42 Å². The van der Waals surface area contributed by atoms with Gasteiger partial charge in [-0.05, 0) is 38.1 Å². The summed E-state index contributed by atoms with van der Waals surface area (Å²) in [5.41, 5.74) is 0. The Balaban J connectivity index is 1.64. The summed E-state index contributed by atoms with van der Waals surface area (Å²) in [6.45, 7) is 3.80. The second-order valence-corrected chi connectivity index (χ2v) is 8.08. The molecule has 0 aromatic rings. The van der Waals surface area contributed by atoms with Crippen molar-refractivity contribution in [3.63, 3.8) is 0 Å². The third-order valence-electron chi connectivity index (χ3n) is 4.33. The van der Waals surface area contributed by atoms with E-state index in [0.717, 1.165) is 25.0 Å². The molecular weight excluding hydrogens is 248 g/mol. The maximum absolute atomic E-state index is 11.0. The molecule has 106 valence electrons. The van der Waals surface area contributed by atoms with E-state index in [2.05, 4.69) is 10.2 Å². The predicted molar refractivity (Wildman–Crippen MR) is 74.5 cm³/mol. The zero-order valence-corrected chi connectivity index (χ0v) is 12.2. The van der Waals surface area contributed by atoms with E-state index in [-0.39, 0.29) is 5.75 Å². The molecule has 1 aliphatic heterocycles. The molecule has 2 unspecified atom stereocenters. The molecule has 18 heavy (non-hydrogen) atoms. The number of hydrogen-bond acceptors (Lipinski definition) is 4. The molecule has 1 N–H and O–H groups in total. The van der Waals surface area contributed by atoms with E-state index >= 15 is 0 Å². The summed E-state index contributed by atoms with van der Waals surface area (Å²) in [5, 5.41) is 3.25. The van der Waals surface area contributed by atoms with Crippen LogP contribution >= 0.6 is 0 Å². The van der Waals surface area contributed by atoms with Gasteiger partial charge in [0, 0.05) is 31.9 Å². The molecule has 0 aromatic carbocycles. The van der Waals surface area contributed by atoms with Crippen LogP contribution in [-0.4, -0.2) is 57.5 Å². The summed E-state index contributed by atoms with van der Waals surface area (Å²) in [6.07, 6.45) is 8.24. The predicted octanol–water partition coefficient (Wildman–Crippen LogP) is 0.885. The van der Waals surface area contributed by atoms with Gasteiger partial charge in [0.05, 0.1) is 5.75 Å². The number of sulfone groups is 1. The van der Waals surface area contributed by atoms with E-state index in [0.29, 0.717) is 6.54 Å². The fraction of sp³-hybridized carbons (Fsp3) is 1.00. The fourth-order valence-corrected chi connectivity index (χ4v) is 3.96. The molecule has 2 rings (SSSR count). The maximum Gasteiger partial charge on any atom is 0.148 e. The van der Waals surface area contributed by atoms with E-state index in [1.54, 1.807) is 0 Å². The number of rotatable bonds is 6. The zero-order chi connectivity index (χ0) is 13.0. The minimum atomic E-state index is -2.82.